The first kappa shape index (κ1) is 12.3. The minimum Gasteiger partial charge on any atom is -0.491 e. The van der Waals surface area contributed by atoms with Crippen LogP contribution in [-0.2, 0) is 4.79 Å². The van der Waals surface area contributed by atoms with Gasteiger partial charge in [-0.05, 0) is 18.2 Å². The Morgan fingerprint density at radius 1 is 1.62 bits per heavy atom. The van der Waals surface area contributed by atoms with Gasteiger partial charge in [-0.2, -0.15) is 5.26 Å². The van der Waals surface area contributed by atoms with Crippen LogP contribution in [0.1, 0.15) is 12.0 Å². The highest BCUT2D eigenvalue weighted by Crippen LogP contribution is 2.25. The Hall–Kier alpha value is -1.73. The van der Waals surface area contributed by atoms with E-state index in [0.29, 0.717) is 16.3 Å². The molecule has 1 rings (SSSR count). The van der Waals surface area contributed by atoms with Crippen molar-refractivity contribution >= 4 is 17.5 Å². The molecule has 16 heavy (non-hydrogen) atoms. The first-order chi connectivity index (χ1) is 7.67. The van der Waals surface area contributed by atoms with Gasteiger partial charge in [0.1, 0.15) is 5.75 Å². The minimum absolute atomic E-state index is 0.0928. The molecule has 1 aromatic carbocycles. The molecular weight excluding hydrogens is 228 g/mol. The van der Waals surface area contributed by atoms with E-state index in [2.05, 4.69) is 5.32 Å². The lowest BCUT2D eigenvalue weighted by atomic mass is 10.2. The number of hydrogen-bond acceptors (Lipinski definition) is 3. The van der Waals surface area contributed by atoms with E-state index in [1.807, 2.05) is 6.07 Å². The maximum atomic E-state index is 10.9. The summed E-state index contributed by atoms with van der Waals surface area (Å²) in [6, 6.07) is 6.73. The third-order valence-electron chi connectivity index (χ3n) is 1.93. The summed E-state index contributed by atoms with van der Waals surface area (Å²) in [6.07, 6.45) is 0.271. The molecule has 0 unspecified atom stereocenters. The van der Waals surface area contributed by atoms with Crippen LogP contribution in [-0.4, -0.2) is 19.6 Å². The summed E-state index contributed by atoms with van der Waals surface area (Å²) in [5, 5.41) is 11.5. The van der Waals surface area contributed by atoms with Crippen molar-refractivity contribution in [2.24, 2.45) is 0 Å². The zero-order valence-electron chi connectivity index (χ0n) is 8.79. The summed E-state index contributed by atoms with van der Waals surface area (Å²) in [7, 11) is 1.57. The van der Waals surface area contributed by atoms with Crippen molar-refractivity contribution < 1.29 is 9.53 Å². The van der Waals surface area contributed by atoms with Crippen LogP contribution in [0.5, 0.6) is 5.75 Å². The summed E-state index contributed by atoms with van der Waals surface area (Å²) < 4.78 is 5.31. The van der Waals surface area contributed by atoms with E-state index in [1.165, 1.54) is 6.07 Å². The zero-order chi connectivity index (χ0) is 12.0. The Morgan fingerprint density at radius 3 is 2.94 bits per heavy atom. The molecule has 4 nitrogen and oxygen atoms in total. The number of ether oxygens (including phenoxy) is 1. The fraction of sp³-hybridized carbons (Fsp3) is 0.273. The average Bonchev–Trinajstić information content (AvgIpc) is 2.30. The Morgan fingerprint density at radius 2 is 2.38 bits per heavy atom. The van der Waals surface area contributed by atoms with E-state index in [-0.39, 0.29) is 18.9 Å². The van der Waals surface area contributed by atoms with Crippen molar-refractivity contribution in [3.8, 4) is 11.8 Å². The molecule has 1 amide bonds. The maximum absolute atomic E-state index is 10.9. The van der Waals surface area contributed by atoms with Crippen molar-refractivity contribution in [1.29, 1.82) is 5.26 Å². The van der Waals surface area contributed by atoms with Gasteiger partial charge in [-0.3, -0.25) is 4.79 Å². The summed E-state index contributed by atoms with van der Waals surface area (Å²) in [4.78, 5) is 10.9. The van der Waals surface area contributed by atoms with Crippen LogP contribution < -0.4 is 10.1 Å². The molecular formula is C11H11ClN2O2. The van der Waals surface area contributed by atoms with Gasteiger partial charge >= 0.3 is 0 Å². The van der Waals surface area contributed by atoms with Crippen molar-refractivity contribution in [3.05, 3.63) is 28.8 Å². The van der Waals surface area contributed by atoms with Crippen LogP contribution in [0.25, 0.3) is 0 Å². The Kier molecular flexibility index (Phi) is 4.62. The second-order valence-electron chi connectivity index (χ2n) is 3.03. The summed E-state index contributed by atoms with van der Waals surface area (Å²) in [5.41, 5.74) is 0.476. The molecule has 0 fully saturated rings. The molecule has 0 heterocycles. The average molecular weight is 239 g/mol. The molecule has 0 saturated carbocycles. The van der Waals surface area contributed by atoms with E-state index < -0.39 is 0 Å². The number of carbonyl (C=O) groups excluding carboxylic acids is 1. The van der Waals surface area contributed by atoms with Crippen LogP contribution in [0.4, 0.5) is 0 Å². The van der Waals surface area contributed by atoms with Crippen molar-refractivity contribution in [2.75, 3.05) is 13.7 Å². The minimum atomic E-state index is -0.0928. The molecule has 0 atom stereocenters. The first-order valence-electron chi connectivity index (χ1n) is 4.70. The number of hydrogen-bond donors (Lipinski definition) is 1. The molecule has 0 aliphatic rings. The summed E-state index contributed by atoms with van der Waals surface area (Å²) in [6.45, 7) is 0.255. The number of halogens is 1. The van der Waals surface area contributed by atoms with Gasteiger partial charge in [-0.25, -0.2) is 0 Å². The smallest absolute Gasteiger partial charge is 0.223 e. The van der Waals surface area contributed by atoms with Gasteiger partial charge in [-0.15, -0.1) is 0 Å². The molecule has 1 aromatic rings. The SMILES string of the molecule is CNC(=O)CCOc1ccc(C#N)cc1Cl. The molecule has 0 aliphatic heterocycles. The van der Waals surface area contributed by atoms with Gasteiger partial charge in [0.25, 0.3) is 0 Å². The predicted molar refractivity (Wildman–Crippen MR) is 60.3 cm³/mol. The predicted octanol–water partition coefficient (Wildman–Crippen LogP) is 1.73. The fourth-order valence-electron chi connectivity index (χ4n) is 1.07. The summed E-state index contributed by atoms with van der Waals surface area (Å²) in [5.74, 6) is 0.384. The van der Waals surface area contributed by atoms with Crippen molar-refractivity contribution in [3.63, 3.8) is 0 Å². The van der Waals surface area contributed by atoms with Gasteiger partial charge in [0.05, 0.1) is 29.7 Å². The molecule has 5 heteroatoms. The molecule has 1 N–H and O–H groups in total. The van der Waals surface area contributed by atoms with Crippen LogP contribution in [0.3, 0.4) is 0 Å². The van der Waals surface area contributed by atoms with Crippen LogP contribution >= 0.6 is 11.6 Å². The van der Waals surface area contributed by atoms with Gasteiger partial charge in [0.2, 0.25) is 5.91 Å². The van der Waals surface area contributed by atoms with Crippen molar-refractivity contribution in [2.45, 2.75) is 6.42 Å². The molecule has 0 saturated heterocycles. The van der Waals surface area contributed by atoms with Gasteiger partial charge in [0.15, 0.2) is 0 Å². The van der Waals surface area contributed by atoms with E-state index in [9.17, 15) is 4.79 Å². The largest absolute Gasteiger partial charge is 0.491 e. The van der Waals surface area contributed by atoms with Gasteiger partial charge < -0.3 is 10.1 Å². The topological polar surface area (TPSA) is 62.1 Å². The lowest BCUT2D eigenvalue weighted by molar-refractivity contribution is -0.121. The lowest BCUT2D eigenvalue weighted by Gasteiger charge is -2.07. The molecule has 0 aromatic heterocycles. The number of amides is 1. The molecule has 0 radical (unpaired) electrons. The highest BCUT2D eigenvalue weighted by molar-refractivity contribution is 6.32. The van der Waals surface area contributed by atoms with Gasteiger partial charge in [0, 0.05) is 7.05 Å². The van der Waals surface area contributed by atoms with Crippen LogP contribution in [0.15, 0.2) is 18.2 Å². The quantitative estimate of drug-likeness (QED) is 0.869. The molecule has 84 valence electrons. The second kappa shape index (κ2) is 5.99. The molecule has 0 aliphatic carbocycles. The monoisotopic (exact) mass is 238 g/mol. The van der Waals surface area contributed by atoms with Crippen LogP contribution in [0, 0.1) is 11.3 Å². The highest BCUT2D eigenvalue weighted by Gasteiger charge is 2.04. The fourth-order valence-corrected chi connectivity index (χ4v) is 1.30. The Labute approximate surface area is 98.8 Å². The van der Waals surface area contributed by atoms with E-state index in [4.69, 9.17) is 21.6 Å². The third-order valence-corrected chi connectivity index (χ3v) is 2.22. The Bertz CT molecular complexity index is 426. The lowest BCUT2D eigenvalue weighted by Crippen LogP contribution is -2.20. The maximum Gasteiger partial charge on any atom is 0.223 e. The first-order valence-corrected chi connectivity index (χ1v) is 5.08. The summed E-state index contributed by atoms with van der Waals surface area (Å²) >= 11 is 5.88. The van der Waals surface area contributed by atoms with E-state index >= 15 is 0 Å². The Balaban J connectivity index is 2.55. The van der Waals surface area contributed by atoms with E-state index in [1.54, 1.807) is 19.2 Å². The number of nitriles is 1. The third kappa shape index (κ3) is 3.44. The zero-order valence-corrected chi connectivity index (χ0v) is 9.54. The number of rotatable bonds is 4. The second-order valence-corrected chi connectivity index (χ2v) is 3.44. The number of benzene rings is 1. The van der Waals surface area contributed by atoms with Crippen LogP contribution in [0.2, 0.25) is 5.02 Å². The molecule has 0 bridgehead atoms. The normalized spacial score (nSPS) is 9.31. The number of nitrogens with one attached hydrogen (secondary N) is 1. The number of carbonyl (C=O) groups is 1. The van der Waals surface area contributed by atoms with Crippen molar-refractivity contribution in [1.82, 2.24) is 5.32 Å². The van der Waals surface area contributed by atoms with Gasteiger partial charge in [-0.1, -0.05) is 11.6 Å². The molecule has 0 spiro atoms. The highest BCUT2D eigenvalue weighted by atomic mass is 35.5. The standard InChI is InChI=1S/C11H11ClN2O2/c1-14-11(15)4-5-16-10-3-2-8(7-13)6-9(10)12/h2-3,6H,4-5H2,1H3,(H,14,15). The van der Waals surface area contributed by atoms with E-state index in [0.717, 1.165) is 0 Å². The number of nitrogens with zero attached hydrogens (tertiary/aromatic N) is 1.